The largest absolute Gasteiger partial charge is 0.335 e. The van der Waals surface area contributed by atoms with Gasteiger partial charge in [0.25, 0.3) is 0 Å². The van der Waals surface area contributed by atoms with Gasteiger partial charge in [-0.15, -0.1) is 0 Å². The van der Waals surface area contributed by atoms with Crippen molar-refractivity contribution in [2.24, 2.45) is 7.05 Å². The maximum absolute atomic E-state index is 10.7. The standard InChI is InChI=1S/C5H6Cl2N2O2S/c1-9-3-8-5(6)4(9)2-12(7,10)11/h3H,2H2,1H3. The Balaban J connectivity index is 3.04. The molecule has 0 aliphatic carbocycles. The first-order valence-corrected chi connectivity index (χ1v) is 5.84. The molecule has 68 valence electrons. The lowest BCUT2D eigenvalue weighted by atomic mass is 10.5. The Bertz CT molecular complexity index is 365. The average Bonchev–Trinajstić information content (AvgIpc) is 2.16. The predicted molar refractivity (Wildman–Crippen MR) is 46.7 cm³/mol. The third kappa shape index (κ3) is 2.36. The quantitative estimate of drug-likeness (QED) is 0.714. The molecule has 0 saturated heterocycles. The lowest BCUT2D eigenvalue weighted by Gasteiger charge is -1.98. The van der Waals surface area contributed by atoms with Gasteiger partial charge in [0.1, 0.15) is 5.75 Å². The molecule has 0 fully saturated rings. The second kappa shape index (κ2) is 3.24. The van der Waals surface area contributed by atoms with Crippen molar-refractivity contribution in [2.45, 2.75) is 5.75 Å². The van der Waals surface area contributed by atoms with Crippen LogP contribution in [0.15, 0.2) is 6.33 Å². The van der Waals surface area contributed by atoms with Gasteiger partial charge < -0.3 is 4.57 Å². The normalized spacial score (nSPS) is 11.9. The Labute approximate surface area is 79.5 Å². The molecule has 0 amide bonds. The number of rotatable bonds is 2. The van der Waals surface area contributed by atoms with Gasteiger partial charge in [0.15, 0.2) is 5.15 Å². The van der Waals surface area contributed by atoms with E-state index < -0.39 is 9.05 Å². The van der Waals surface area contributed by atoms with Crippen LogP contribution in [-0.2, 0) is 21.9 Å². The molecule has 0 unspecified atom stereocenters. The van der Waals surface area contributed by atoms with E-state index in [4.69, 9.17) is 22.3 Å². The predicted octanol–water partition coefficient (Wildman–Crippen LogP) is 1.14. The lowest BCUT2D eigenvalue weighted by Crippen LogP contribution is -2.01. The number of aromatic nitrogens is 2. The van der Waals surface area contributed by atoms with Gasteiger partial charge >= 0.3 is 0 Å². The highest BCUT2D eigenvalue weighted by molar-refractivity contribution is 8.13. The molecule has 1 aromatic rings. The number of nitrogens with zero attached hydrogens (tertiary/aromatic N) is 2. The zero-order chi connectivity index (χ0) is 9.35. The van der Waals surface area contributed by atoms with Gasteiger partial charge in [-0.3, -0.25) is 0 Å². The molecule has 0 radical (unpaired) electrons. The summed E-state index contributed by atoms with van der Waals surface area (Å²) >= 11 is 5.60. The molecule has 0 N–H and O–H groups in total. The number of hydrogen-bond acceptors (Lipinski definition) is 3. The zero-order valence-corrected chi connectivity index (χ0v) is 8.49. The van der Waals surface area contributed by atoms with Crippen LogP contribution in [0.4, 0.5) is 0 Å². The van der Waals surface area contributed by atoms with Crippen LogP contribution in [0.1, 0.15) is 5.69 Å². The maximum Gasteiger partial charge on any atom is 0.238 e. The van der Waals surface area contributed by atoms with E-state index in [0.29, 0.717) is 5.69 Å². The molecule has 0 aliphatic heterocycles. The van der Waals surface area contributed by atoms with Gasteiger partial charge in [-0.05, 0) is 0 Å². The summed E-state index contributed by atoms with van der Waals surface area (Å²) in [4.78, 5) is 3.71. The Morgan fingerprint density at radius 3 is 2.58 bits per heavy atom. The van der Waals surface area contributed by atoms with Crippen LogP contribution >= 0.6 is 22.3 Å². The van der Waals surface area contributed by atoms with Crippen molar-refractivity contribution < 1.29 is 8.42 Å². The van der Waals surface area contributed by atoms with Gasteiger partial charge in [-0.1, -0.05) is 11.6 Å². The SMILES string of the molecule is Cn1cnc(Cl)c1CS(=O)(=O)Cl. The van der Waals surface area contributed by atoms with E-state index in [0.717, 1.165) is 0 Å². The number of aryl methyl sites for hydroxylation is 1. The fourth-order valence-electron chi connectivity index (χ4n) is 0.752. The maximum atomic E-state index is 10.7. The van der Waals surface area contributed by atoms with Crippen molar-refractivity contribution in [1.82, 2.24) is 9.55 Å². The minimum Gasteiger partial charge on any atom is -0.335 e. The molecule has 12 heavy (non-hydrogen) atoms. The lowest BCUT2D eigenvalue weighted by molar-refractivity contribution is 0.607. The van der Waals surface area contributed by atoms with E-state index in [-0.39, 0.29) is 10.9 Å². The van der Waals surface area contributed by atoms with Crippen molar-refractivity contribution in [3.05, 3.63) is 17.2 Å². The summed E-state index contributed by atoms with van der Waals surface area (Å²) in [5, 5.41) is 0.168. The summed E-state index contributed by atoms with van der Waals surface area (Å²) in [6.45, 7) is 0. The van der Waals surface area contributed by atoms with Crippen LogP contribution in [0.5, 0.6) is 0 Å². The third-order valence-corrected chi connectivity index (χ3v) is 2.58. The Hall–Kier alpha value is -0.260. The molecule has 0 atom stereocenters. The fraction of sp³-hybridized carbons (Fsp3) is 0.400. The molecular weight excluding hydrogens is 223 g/mol. The molecule has 0 saturated carbocycles. The smallest absolute Gasteiger partial charge is 0.238 e. The van der Waals surface area contributed by atoms with Crippen molar-refractivity contribution >= 4 is 31.3 Å². The Morgan fingerprint density at radius 1 is 1.67 bits per heavy atom. The highest BCUT2D eigenvalue weighted by Crippen LogP contribution is 2.17. The minimum atomic E-state index is -3.57. The Morgan fingerprint density at radius 2 is 2.25 bits per heavy atom. The van der Waals surface area contributed by atoms with Gasteiger partial charge in [-0.2, -0.15) is 0 Å². The summed E-state index contributed by atoms with van der Waals surface area (Å²) in [5.41, 5.74) is 0.395. The summed E-state index contributed by atoms with van der Waals surface area (Å²) < 4.78 is 22.9. The molecule has 7 heteroatoms. The summed E-state index contributed by atoms with van der Waals surface area (Å²) in [6, 6.07) is 0. The van der Waals surface area contributed by atoms with Crippen molar-refractivity contribution in [1.29, 1.82) is 0 Å². The Kier molecular flexibility index (Phi) is 2.65. The van der Waals surface area contributed by atoms with E-state index in [1.807, 2.05) is 0 Å². The van der Waals surface area contributed by atoms with Crippen LogP contribution in [-0.4, -0.2) is 18.0 Å². The van der Waals surface area contributed by atoms with E-state index in [2.05, 4.69) is 4.98 Å². The first-order chi connectivity index (χ1) is 5.40. The van der Waals surface area contributed by atoms with Crippen molar-refractivity contribution in [3.63, 3.8) is 0 Å². The fourth-order valence-corrected chi connectivity index (χ4v) is 2.05. The van der Waals surface area contributed by atoms with E-state index in [1.165, 1.54) is 10.9 Å². The minimum absolute atomic E-state index is 0.168. The molecule has 0 aliphatic rings. The van der Waals surface area contributed by atoms with Gasteiger partial charge in [-0.25, -0.2) is 13.4 Å². The summed E-state index contributed by atoms with van der Waals surface area (Å²) in [7, 11) is 3.12. The molecule has 0 spiro atoms. The first kappa shape index (κ1) is 9.83. The van der Waals surface area contributed by atoms with Crippen molar-refractivity contribution in [2.75, 3.05) is 0 Å². The van der Waals surface area contributed by atoms with Crippen LogP contribution in [0.3, 0.4) is 0 Å². The molecular formula is C5H6Cl2N2O2S. The van der Waals surface area contributed by atoms with Gasteiger partial charge in [0.2, 0.25) is 9.05 Å². The number of hydrogen-bond donors (Lipinski definition) is 0. The first-order valence-electron chi connectivity index (χ1n) is 2.98. The highest BCUT2D eigenvalue weighted by atomic mass is 35.7. The van der Waals surface area contributed by atoms with Crippen LogP contribution in [0.25, 0.3) is 0 Å². The van der Waals surface area contributed by atoms with Crippen LogP contribution in [0.2, 0.25) is 5.15 Å². The summed E-state index contributed by atoms with van der Waals surface area (Å²) in [6.07, 6.45) is 1.43. The van der Waals surface area contributed by atoms with Crippen LogP contribution < -0.4 is 0 Å². The van der Waals surface area contributed by atoms with Crippen LogP contribution in [0, 0.1) is 0 Å². The molecule has 4 nitrogen and oxygen atoms in total. The molecule has 1 aromatic heterocycles. The highest BCUT2D eigenvalue weighted by Gasteiger charge is 2.14. The second-order valence-electron chi connectivity index (χ2n) is 2.28. The van der Waals surface area contributed by atoms with E-state index >= 15 is 0 Å². The molecule has 0 bridgehead atoms. The molecule has 1 rings (SSSR count). The monoisotopic (exact) mass is 228 g/mol. The zero-order valence-electron chi connectivity index (χ0n) is 6.16. The topological polar surface area (TPSA) is 52.0 Å². The van der Waals surface area contributed by atoms with Gasteiger partial charge in [0.05, 0.1) is 12.0 Å². The summed E-state index contributed by atoms with van der Waals surface area (Å²) in [5.74, 6) is -0.302. The van der Waals surface area contributed by atoms with E-state index in [9.17, 15) is 8.42 Å². The molecule has 1 heterocycles. The third-order valence-electron chi connectivity index (χ3n) is 1.32. The molecule has 0 aromatic carbocycles. The number of imidazole rings is 1. The average molecular weight is 229 g/mol. The van der Waals surface area contributed by atoms with Crippen molar-refractivity contribution in [3.8, 4) is 0 Å². The van der Waals surface area contributed by atoms with E-state index in [1.54, 1.807) is 7.05 Å². The second-order valence-corrected chi connectivity index (χ2v) is 5.41. The number of halogens is 2. The van der Waals surface area contributed by atoms with Gasteiger partial charge in [0, 0.05) is 17.7 Å².